The summed E-state index contributed by atoms with van der Waals surface area (Å²) in [6.07, 6.45) is 1.52. The van der Waals surface area contributed by atoms with Crippen molar-refractivity contribution in [1.82, 2.24) is 14.9 Å². The first-order chi connectivity index (χ1) is 10.8. The van der Waals surface area contributed by atoms with Crippen LogP contribution in [0.5, 0.6) is 11.5 Å². The molecule has 1 aliphatic heterocycles. The predicted octanol–water partition coefficient (Wildman–Crippen LogP) is 2.00. The van der Waals surface area contributed by atoms with Crippen molar-refractivity contribution in [3.05, 3.63) is 23.5 Å². The largest absolute Gasteiger partial charge is 0.493 e. The number of rotatable bonds is 5. The summed E-state index contributed by atoms with van der Waals surface area (Å²) >= 11 is 5.86. The minimum absolute atomic E-state index is 0.357. The molecule has 0 saturated carbocycles. The molecule has 0 unspecified atom stereocenters. The molecule has 1 aliphatic rings. The fraction of sp³-hybridized carbons (Fsp3) is 0.467. The fourth-order valence-corrected chi connectivity index (χ4v) is 2.52. The predicted molar refractivity (Wildman–Crippen MR) is 83.9 cm³/mol. The van der Waals surface area contributed by atoms with E-state index in [1.807, 2.05) is 6.07 Å². The molecule has 1 aromatic carbocycles. The summed E-state index contributed by atoms with van der Waals surface area (Å²) in [4.78, 5) is 10.8. The van der Waals surface area contributed by atoms with Gasteiger partial charge in [0.05, 0.1) is 37.6 Å². The second-order valence-electron chi connectivity index (χ2n) is 4.99. The lowest BCUT2D eigenvalue weighted by atomic mass is 10.2. The molecule has 0 radical (unpaired) electrons. The Hall–Kier alpha value is -1.63. The molecule has 0 amide bonds. The third-order valence-corrected chi connectivity index (χ3v) is 3.75. The highest BCUT2D eigenvalue weighted by Gasteiger charge is 2.12. The van der Waals surface area contributed by atoms with Gasteiger partial charge in [0.15, 0.2) is 11.5 Å². The van der Waals surface area contributed by atoms with E-state index in [1.165, 1.54) is 6.20 Å². The molecule has 0 aliphatic carbocycles. The van der Waals surface area contributed by atoms with Crippen molar-refractivity contribution in [2.45, 2.75) is 0 Å². The lowest BCUT2D eigenvalue weighted by Crippen LogP contribution is -2.38. The van der Waals surface area contributed by atoms with Crippen molar-refractivity contribution in [3.63, 3.8) is 0 Å². The molecule has 6 nitrogen and oxygen atoms in total. The van der Waals surface area contributed by atoms with Gasteiger partial charge < -0.3 is 14.2 Å². The standard InChI is InChI=1S/C15H18ClN3O3/c1-20-13-9-12-11(17-10-15(16)18-12)8-14(13)22-7-4-19-2-5-21-6-3-19/h8-10H,2-7H2,1H3. The van der Waals surface area contributed by atoms with E-state index in [-0.39, 0.29) is 0 Å². The maximum atomic E-state index is 5.86. The van der Waals surface area contributed by atoms with E-state index in [0.717, 1.165) is 38.4 Å². The van der Waals surface area contributed by atoms with Gasteiger partial charge in [-0.25, -0.2) is 4.98 Å². The molecular weight excluding hydrogens is 306 g/mol. The van der Waals surface area contributed by atoms with Gasteiger partial charge in [-0.2, -0.15) is 0 Å². The van der Waals surface area contributed by atoms with E-state index in [4.69, 9.17) is 25.8 Å². The van der Waals surface area contributed by atoms with E-state index >= 15 is 0 Å². The average molecular weight is 324 g/mol. The van der Waals surface area contributed by atoms with Crippen LogP contribution in [0.4, 0.5) is 0 Å². The van der Waals surface area contributed by atoms with Crippen LogP contribution in [0.25, 0.3) is 11.0 Å². The number of halogens is 1. The summed E-state index contributed by atoms with van der Waals surface area (Å²) in [6, 6.07) is 3.62. The summed E-state index contributed by atoms with van der Waals surface area (Å²) in [5.74, 6) is 1.30. The molecule has 0 spiro atoms. The average Bonchev–Trinajstić information content (AvgIpc) is 2.55. The number of fused-ring (bicyclic) bond motifs is 1. The molecular formula is C15H18ClN3O3. The van der Waals surface area contributed by atoms with Crippen LogP contribution in [0.1, 0.15) is 0 Å². The zero-order chi connectivity index (χ0) is 15.4. The first kappa shape index (κ1) is 15.3. The Morgan fingerprint density at radius 2 is 2.00 bits per heavy atom. The normalized spacial score (nSPS) is 15.9. The SMILES string of the molecule is COc1cc2nc(Cl)cnc2cc1OCCN1CCOCC1. The summed E-state index contributed by atoms with van der Waals surface area (Å²) in [5, 5.41) is 0.357. The minimum Gasteiger partial charge on any atom is -0.493 e. The second kappa shape index (κ2) is 7.09. The monoisotopic (exact) mass is 323 g/mol. The Bertz CT molecular complexity index is 647. The van der Waals surface area contributed by atoms with E-state index in [0.29, 0.717) is 28.8 Å². The van der Waals surface area contributed by atoms with Gasteiger partial charge in [0.25, 0.3) is 0 Å². The van der Waals surface area contributed by atoms with Gasteiger partial charge in [0.1, 0.15) is 11.8 Å². The van der Waals surface area contributed by atoms with Crippen LogP contribution in [0.3, 0.4) is 0 Å². The van der Waals surface area contributed by atoms with Gasteiger partial charge in [-0.1, -0.05) is 11.6 Å². The minimum atomic E-state index is 0.357. The van der Waals surface area contributed by atoms with Crippen LogP contribution >= 0.6 is 11.6 Å². The van der Waals surface area contributed by atoms with E-state index in [9.17, 15) is 0 Å². The number of nitrogens with zero attached hydrogens (tertiary/aromatic N) is 3. The van der Waals surface area contributed by atoms with E-state index in [1.54, 1.807) is 13.2 Å². The Labute approximate surface area is 134 Å². The Balaban J connectivity index is 1.70. The Morgan fingerprint density at radius 3 is 2.77 bits per heavy atom. The number of benzene rings is 1. The molecule has 0 bridgehead atoms. The van der Waals surface area contributed by atoms with Gasteiger partial charge in [-0.05, 0) is 0 Å². The molecule has 2 aromatic rings. The summed E-state index contributed by atoms with van der Waals surface area (Å²) in [6.45, 7) is 4.91. The molecule has 118 valence electrons. The number of methoxy groups -OCH3 is 1. The Morgan fingerprint density at radius 1 is 1.23 bits per heavy atom. The molecule has 1 saturated heterocycles. The Kier molecular flexibility index (Phi) is 4.92. The van der Waals surface area contributed by atoms with Crippen molar-refractivity contribution in [2.24, 2.45) is 0 Å². The summed E-state index contributed by atoms with van der Waals surface area (Å²) in [5.41, 5.74) is 1.41. The first-order valence-electron chi connectivity index (χ1n) is 7.19. The molecule has 22 heavy (non-hydrogen) atoms. The van der Waals surface area contributed by atoms with Gasteiger partial charge >= 0.3 is 0 Å². The van der Waals surface area contributed by atoms with Crippen LogP contribution in [-0.4, -0.2) is 61.4 Å². The van der Waals surface area contributed by atoms with Crippen molar-refractivity contribution < 1.29 is 14.2 Å². The van der Waals surface area contributed by atoms with Crippen molar-refractivity contribution in [2.75, 3.05) is 46.6 Å². The van der Waals surface area contributed by atoms with Gasteiger partial charge in [0.2, 0.25) is 0 Å². The second-order valence-corrected chi connectivity index (χ2v) is 5.37. The zero-order valence-corrected chi connectivity index (χ0v) is 13.2. The molecule has 0 atom stereocenters. The van der Waals surface area contributed by atoms with Crippen LogP contribution in [-0.2, 0) is 4.74 Å². The lowest BCUT2D eigenvalue weighted by Gasteiger charge is -2.26. The van der Waals surface area contributed by atoms with Crippen molar-refractivity contribution in [1.29, 1.82) is 0 Å². The van der Waals surface area contributed by atoms with Crippen LogP contribution in [0.15, 0.2) is 18.3 Å². The molecule has 1 fully saturated rings. The number of hydrogen-bond acceptors (Lipinski definition) is 6. The number of ether oxygens (including phenoxy) is 3. The van der Waals surface area contributed by atoms with Crippen LogP contribution in [0.2, 0.25) is 5.15 Å². The molecule has 7 heteroatoms. The van der Waals surface area contributed by atoms with E-state index < -0.39 is 0 Å². The quantitative estimate of drug-likeness (QED) is 0.839. The molecule has 3 rings (SSSR count). The number of morpholine rings is 1. The first-order valence-corrected chi connectivity index (χ1v) is 7.57. The third kappa shape index (κ3) is 3.58. The van der Waals surface area contributed by atoms with E-state index in [2.05, 4.69) is 14.9 Å². The smallest absolute Gasteiger partial charge is 0.163 e. The van der Waals surface area contributed by atoms with Crippen LogP contribution in [0, 0.1) is 0 Å². The molecule has 2 heterocycles. The third-order valence-electron chi connectivity index (χ3n) is 3.57. The fourth-order valence-electron chi connectivity index (χ4n) is 2.38. The maximum Gasteiger partial charge on any atom is 0.163 e. The van der Waals surface area contributed by atoms with Crippen LogP contribution < -0.4 is 9.47 Å². The van der Waals surface area contributed by atoms with Gasteiger partial charge in [0, 0.05) is 31.8 Å². The van der Waals surface area contributed by atoms with Gasteiger partial charge in [-0.15, -0.1) is 0 Å². The zero-order valence-electron chi connectivity index (χ0n) is 12.4. The van der Waals surface area contributed by atoms with Crippen molar-refractivity contribution in [3.8, 4) is 11.5 Å². The molecule has 1 aromatic heterocycles. The number of hydrogen-bond donors (Lipinski definition) is 0. The maximum absolute atomic E-state index is 5.86. The summed E-state index contributed by atoms with van der Waals surface area (Å²) in [7, 11) is 1.61. The topological polar surface area (TPSA) is 56.7 Å². The van der Waals surface area contributed by atoms with Gasteiger partial charge in [-0.3, -0.25) is 9.88 Å². The number of aromatic nitrogens is 2. The lowest BCUT2D eigenvalue weighted by molar-refractivity contribution is 0.0321. The highest BCUT2D eigenvalue weighted by atomic mass is 35.5. The highest BCUT2D eigenvalue weighted by Crippen LogP contribution is 2.31. The highest BCUT2D eigenvalue weighted by molar-refractivity contribution is 6.29. The summed E-state index contributed by atoms with van der Waals surface area (Å²) < 4.78 is 16.6. The molecule has 0 N–H and O–H groups in total. The van der Waals surface area contributed by atoms with Crippen molar-refractivity contribution >= 4 is 22.6 Å².